The molecule has 0 saturated heterocycles. The van der Waals surface area contributed by atoms with Crippen LogP contribution in [0.5, 0.6) is 0 Å². The van der Waals surface area contributed by atoms with Crippen LogP contribution in [-0.4, -0.2) is 10.7 Å². The van der Waals surface area contributed by atoms with Gasteiger partial charge in [0.2, 0.25) is 0 Å². The van der Waals surface area contributed by atoms with Gasteiger partial charge < -0.3 is 10.7 Å². The van der Waals surface area contributed by atoms with E-state index in [4.69, 9.17) is 10.7 Å². The van der Waals surface area contributed by atoms with E-state index in [-0.39, 0.29) is 5.56 Å². The van der Waals surface area contributed by atoms with Crippen LogP contribution in [0.1, 0.15) is 11.1 Å². The highest BCUT2D eigenvalue weighted by atomic mass is 16.1. The quantitative estimate of drug-likeness (QED) is 0.677. The first-order valence-electron chi connectivity index (χ1n) is 7.47. The van der Waals surface area contributed by atoms with Crippen molar-refractivity contribution in [1.82, 2.24) is 4.98 Å². The average Bonchev–Trinajstić information content (AvgIpc) is 2.72. The van der Waals surface area contributed by atoms with E-state index in [1.165, 1.54) is 0 Å². The number of nitrogens with zero attached hydrogens (tertiary/aromatic N) is 1. The van der Waals surface area contributed by atoms with Crippen LogP contribution in [0.4, 0.5) is 11.4 Å². The molecule has 1 aromatic rings. The molecule has 0 radical (unpaired) electrons. The minimum atomic E-state index is -0.123. The minimum absolute atomic E-state index is 0.123. The van der Waals surface area contributed by atoms with Crippen LogP contribution in [0.2, 0.25) is 0 Å². The second kappa shape index (κ2) is 5.25. The molecule has 0 amide bonds. The Morgan fingerprint density at radius 2 is 1.96 bits per heavy atom. The second-order valence-electron chi connectivity index (χ2n) is 5.56. The predicted octanol–water partition coefficient (Wildman–Crippen LogP) is 3.30. The molecule has 3 N–H and O–H groups in total. The number of aromatic nitrogens is 1. The maximum atomic E-state index is 12.4. The van der Waals surface area contributed by atoms with Crippen molar-refractivity contribution in [3.63, 3.8) is 0 Å². The van der Waals surface area contributed by atoms with Crippen LogP contribution >= 0.6 is 0 Å². The van der Waals surface area contributed by atoms with Crippen LogP contribution in [-0.2, 0) is 6.42 Å². The number of aromatic amines is 1. The molecule has 112 valence electrons. The molecule has 2 aliphatic heterocycles. The monoisotopic (exact) mass is 301 g/mol. The molecular weight excluding hydrogens is 286 g/mol. The molecule has 23 heavy (non-hydrogen) atoms. The fourth-order valence-electron chi connectivity index (χ4n) is 2.90. The number of nitrogens with one attached hydrogen (secondary N) is 1. The van der Waals surface area contributed by atoms with Gasteiger partial charge >= 0.3 is 0 Å². The number of anilines is 1. The molecule has 4 rings (SSSR count). The molecule has 0 fully saturated rings. The Morgan fingerprint density at radius 1 is 1.09 bits per heavy atom. The largest absolute Gasteiger partial charge is 0.399 e. The molecular formula is C19H15N3O. The molecule has 2 heterocycles. The van der Waals surface area contributed by atoms with E-state index in [9.17, 15) is 4.79 Å². The maximum absolute atomic E-state index is 12.4. The molecule has 1 aliphatic carbocycles. The zero-order valence-corrected chi connectivity index (χ0v) is 12.4. The molecule has 0 saturated carbocycles. The van der Waals surface area contributed by atoms with E-state index in [1.807, 2.05) is 60.7 Å². The lowest BCUT2D eigenvalue weighted by atomic mass is 10.1. The highest BCUT2D eigenvalue weighted by molar-refractivity contribution is 6.14. The van der Waals surface area contributed by atoms with Gasteiger partial charge in [0.15, 0.2) is 0 Å². The van der Waals surface area contributed by atoms with Gasteiger partial charge in [-0.05, 0) is 36.3 Å². The summed E-state index contributed by atoms with van der Waals surface area (Å²) in [5.41, 5.74) is 11.3. The van der Waals surface area contributed by atoms with Crippen molar-refractivity contribution >= 4 is 17.1 Å². The summed E-state index contributed by atoms with van der Waals surface area (Å²) in [5.74, 6) is 0. The number of aliphatic imine (C=N–C) groups is 1. The first-order valence-corrected chi connectivity index (χ1v) is 7.47. The third-order valence-corrected chi connectivity index (χ3v) is 4.00. The van der Waals surface area contributed by atoms with E-state index in [0.29, 0.717) is 17.0 Å². The van der Waals surface area contributed by atoms with E-state index < -0.39 is 0 Å². The number of fused-ring (bicyclic) bond motifs is 2. The number of nitrogens with two attached hydrogens (primary N) is 1. The summed E-state index contributed by atoms with van der Waals surface area (Å²) in [7, 11) is 0. The van der Waals surface area contributed by atoms with E-state index in [1.54, 1.807) is 0 Å². The Morgan fingerprint density at radius 3 is 2.87 bits per heavy atom. The smallest absolute Gasteiger partial charge is 0.258 e. The second-order valence-corrected chi connectivity index (χ2v) is 5.56. The van der Waals surface area contributed by atoms with Crippen LogP contribution < -0.4 is 11.3 Å². The fraction of sp³-hybridized carbons (Fsp3) is 0.0526. The Balaban J connectivity index is 1.95. The Kier molecular flexibility index (Phi) is 3.08. The first kappa shape index (κ1) is 13.5. The van der Waals surface area contributed by atoms with Gasteiger partial charge in [0, 0.05) is 16.9 Å². The van der Waals surface area contributed by atoms with Crippen molar-refractivity contribution in [2.45, 2.75) is 6.42 Å². The number of nitrogen functional groups attached to an aromatic ring is 1. The third kappa shape index (κ3) is 2.34. The van der Waals surface area contributed by atoms with Crippen molar-refractivity contribution in [1.29, 1.82) is 0 Å². The van der Waals surface area contributed by atoms with E-state index >= 15 is 0 Å². The summed E-state index contributed by atoms with van der Waals surface area (Å²) in [6.07, 6.45) is 4.71. The van der Waals surface area contributed by atoms with Gasteiger partial charge in [-0.25, -0.2) is 4.99 Å². The molecule has 4 nitrogen and oxygen atoms in total. The van der Waals surface area contributed by atoms with E-state index in [2.05, 4.69) is 4.98 Å². The molecule has 0 aromatic heterocycles. The molecule has 0 spiro atoms. The van der Waals surface area contributed by atoms with Gasteiger partial charge in [-0.3, -0.25) is 4.79 Å². The van der Waals surface area contributed by atoms with Crippen molar-refractivity contribution < 1.29 is 0 Å². The fourth-order valence-corrected chi connectivity index (χ4v) is 2.90. The van der Waals surface area contributed by atoms with Gasteiger partial charge in [0.1, 0.15) is 0 Å². The van der Waals surface area contributed by atoms with Gasteiger partial charge in [0.25, 0.3) is 5.56 Å². The lowest BCUT2D eigenvalue weighted by Gasteiger charge is -2.04. The molecule has 0 atom stereocenters. The minimum Gasteiger partial charge on any atom is -0.399 e. The van der Waals surface area contributed by atoms with Crippen molar-refractivity contribution in [3.05, 3.63) is 82.2 Å². The van der Waals surface area contributed by atoms with Crippen molar-refractivity contribution in [2.24, 2.45) is 4.99 Å². The highest BCUT2D eigenvalue weighted by Gasteiger charge is 2.18. The lowest BCUT2D eigenvalue weighted by molar-refractivity contribution is 1.27. The van der Waals surface area contributed by atoms with Gasteiger partial charge in [0.05, 0.1) is 17.0 Å². The topological polar surface area (TPSA) is 71.2 Å². The number of H-pyrrole nitrogens is 1. The van der Waals surface area contributed by atoms with Crippen molar-refractivity contribution in [3.8, 4) is 11.3 Å². The third-order valence-electron chi connectivity index (χ3n) is 4.00. The maximum Gasteiger partial charge on any atom is 0.258 e. The Bertz CT molecular complexity index is 982. The highest BCUT2D eigenvalue weighted by Crippen LogP contribution is 2.28. The van der Waals surface area contributed by atoms with Crippen LogP contribution in [0.3, 0.4) is 0 Å². The average molecular weight is 301 g/mol. The molecule has 1 aromatic carbocycles. The zero-order chi connectivity index (χ0) is 15.8. The summed E-state index contributed by atoms with van der Waals surface area (Å²) in [5, 5.41) is 0. The summed E-state index contributed by atoms with van der Waals surface area (Å²) in [4.78, 5) is 20.0. The molecule has 3 aliphatic rings. The predicted molar refractivity (Wildman–Crippen MR) is 93.6 cm³/mol. The summed E-state index contributed by atoms with van der Waals surface area (Å²) in [6.45, 7) is 0. The number of benzene rings is 1. The standard InChI is InChI=1S/C19H15N3O/c20-13-10-9-12-5-4-8-16(21-17(12)11-13)18-14-6-2-1-3-7-15(14)22-19(18)23/h1-4,6-11H,5,20H2,(H,22,23). The SMILES string of the molecule is Nc1ccc2c(c1)N=C(c1c3cccccc-3[nH]c1=O)C=CC2. The van der Waals surface area contributed by atoms with Gasteiger partial charge in [-0.2, -0.15) is 0 Å². The van der Waals surface area contributed by atoms with Crippen molar-refractivity contribution in [2.75, 3.05) is 5.73 Å². The van der Waals surface area contributed by atoms with Crippen LogP contribution in [0.15, 0.2) is 70.5 Å². The first-order chi connectivity index (χ1) is 11.2. The molecule has 4 heteroatoms. The zero-order valence-electron chi connectivity index (χ0n) is 12.4. The summed E-state index contributed by atoms with van der Waals surface area (Å²) < 4.78 is 0. The Labute approximate surface area is 133 Å². The summed E-state index contributed by atoms with van der Waals surface area (Å²) in [6, 6.07) is 15.3. The summed E-state index contributed by atoms with van der Waals surface area (Å²) >= 11 is 0. The van der Waals surface area contributed by atoms with E-state index in [0.717, 1.165) is 28.9 Å². The van der Waals surface area contributed by atoms with Gasteiger partial charge in [-0.15, -0.1) is 0 Å². The lowest BCUT2D eigenvalue weighted by Crippen LogP contribution is -2.11. The van der Waals surface area contributed by atoms with Gasteiger partial charge in [-0.1, -0.05) is 36.4 Å². The number of hydrogen-bond donors (Lipinski definition) is 2. The number of allylic oxidation sites excluding steroid dienone is 2. The Hall–Kier alpha value is -3.14. The normalized spacial score (nSPS) is 13.5. The molecule has 0 unspecified atom stereocenters. The van der Waals surface area contributed by atoms with Crippen LogP contribution in [0.25, 0.3) is 11.3 Å². The molecule has 0 bridgehead atoms. The van der Waals surface area contributed by atoms with Crippen LogP contribution in [0, 0.1) is 0 Å². The number of rotatable bonds is 1. The number of hydrogen-bond acceptors (Lipinski definition) is 3.